The van der Waals surface area contributed by atoms with Gasteiger partial charge in [-0.2, -0.15) is 0 Å². The van der Waals surface area contributed by atoms with Crippen LogP contribution in [0, 0.1) is 0 Å². The highest BCUT2D eigenvalue weighted by Gasteiger charge is 2.35. The van der Waals surface area contributed by atoms with Crippen molar-refractivity contribution in [3.63, 3.8) is 0 Å². The average molecular weight is 382 g/mol. The van der Waals surface area contributed by atoms with Gasteiger partial charge in [0.05, 0.1) is 22.5 Å². The third-order valence-corrected chi connectivity index (χ3v) is 3.96. The molecule has 2 aromatic carbocycles. The summed E-state index contributed by atoms with van der Waals surface area (Å²) in [7, 11) is 0. The van der Waals surface area contributed by atoms with Gasteiger partial charge >= 0.3 is 23.8 Å². The van der Waals surface area contributed by atoms with Crippen molar-refractivity contribution in [1.82, 2.24) is 0 Å². The van der Waals surface area contributed by atoms with E-state index in [1.165, 1.54) is 24.3 Å². The van der Waals surface area contributed by atoms with Crippen LogP contribution in [0.15, 0.2) is 36.4 Å². The molecule has 3 rings (SSSR count). The zero-order valence-corrected chi connectivity index (χ0v) is 13.8. The SMILES string of the molecule is O=C(O)C(=O)Nc1ccc(NC(=O)C(=O)O)c2c1C(=O)c1ccccc1C2=O. The lowest BCUT2D eigenvalue weighted by Crippen LogP contribution is -2.29. The standard InChI is InChI=1S/C18H10N2O8/c21-13-7-3-1-2-4-8(7)14(22)12-10(20-16(24)18(27)28)6-5-9(11(12)13)19-15(23)17(25)26/h1-6H,(H,19,23)(H,20,24)(H,25,26)(H,27,28). The Morgan fingerprint density at radius 1 is 0.643 bits per heavy atom. The van der Waals surface area contributed by atoms with E-state index in [2.05, 4.69) is 0 Å². The molecule has 140 valence electrons. The topological polar surface area (TPSA) is 167 Å². The number of carbonyl (C=O) groups is 6. The maximum absolute atomic E-state index is 12.9. The van der Waals surface area contributed by atoms with E-state index in [1.54, 1.807) is 0 Å². The van der Waals surface area contributed by atoms with Crippen LogP contribution >= 0.6 is 0 Å². The van der Waals surface area contributed by atoms with Crippen LogP contribution in [0.5, 0.6) is 0 Å². The normalized spacial score (nSPS) is 11.9. The molecular formula is C18H10N2O8. The van der Waals surface area contributed by atoms with E-state index in [9.17, 15) is 28.8 Å². The van der Waals surface area contributed by atoms with Crippen LogP contribution in [0.4, 0.5) is 11.4 Å². The molecule has 1 aliphatic rings. The van der Waals surface area contributed by atoms with Gasteiger partial charge in [0.25, 0.3) is 0 Å². The zero-order chi connectivity index (χ0) is 20.6. The molecule has 0 fully saturated rings. The number of carboxylic acids is 2. The van der Waals surface area contributed by atoms with E-state index in [4.69, 9.17) is 10.2 Å². The molecule has 0 atom stereocenters. The molecule has 1 aliphatic carbocycles. The fourth-order valence-corrected chi connectivity index (χ4v) is 2.78. The third-order valence-electron chi connectivity index (χ3n) is 3.96. The number of aliphatic carboxylic acids is 2. The Balaban J connectivity index is 2.23. The molecule has 0 saturated heterocycles. The lowest BCUT2D eigenvalue weighted by atomic mass is 9.82. The number of anilines is 2. The summed E-state index contributed by atoms with van der Waals surface area (Å²) < 4.78 is 0. The van der Waals surface area contributed by atoms with Crippen LogP contribution in [0.3, 0.4) is 0 Å². The van der Waals surface area contributed by atoms with Gasteiger partial charge in [-0.3, -0.25) is 19.2 Å². The van der Waals surface area contributed by atoms with Crippen molar-refractivity contribution >= 4 is 46.7 Å². The Labute approximate surface area is 155 Å². The Morgan fingerprint density at radius 3 is 1.32 bits per heavy atom. The maximum Gasteiger partial charge on any atom is 0.394 e. The minimum atomic E-state index is -1.81. The number of carbonyl (C=O) groups excluding carboxylic acids is 4. The van der Waals surface area contributed by atoms with E-state index in [0.717, 1.165) is 12.1 Å². The van der Waals surface area contributed by atoms with Crippen molar-refractivity contribution in [2.45, 2.75) is 0 Å². The Bertz CT molecular complexity index is 1020. The van der Waals surface area contributed by atoms with Crippen LogP contribution in [0.1, 0.15) is 31.8 Å². The first-order valence-electron chi connectivity index (χ1n) is 7.66. The highest BCUT2D eigenvalue weighted by molar-refractivity contribution is 6.40. The van der Waals surface area contributed by atoms with Crippen molar-refractivity contribution in [3.05, 3.63) is 58.7 Å². The summed E-state index contributed by atoms with van der Waals surface area (Å²) in [5, 5.41) is 21.6. The van der Waals surface area contributed by atoms with Crippen molar-refractivity contribution in [1.29, 1.82) is 0 Å². The van der Waals surface area contributed by atoms with Gasteiger partial charge in [-0.1, -0.05) is 24.3 Å². The third kappa shape index (κ3) is 2.98. The fourth-order valence-electron chi connectivity index (χ4n) is 2.78. The van der Waals surface area contributed by atoms with E-state index in [0.29, 0.717) is 0 Å². The minimum absolute atomic E-state index is 0.0209. The molecule has 0 bridgehead atoms. The van der Waals surface area contributed by atoms with Crippen LogP contribution in [-0.4, -0.2) is 45.5 Å². The number of benzene rings is 2. The minimum Gasteiger partial charge on any atom is -0.474 e. The smallest absolute Gasteiger partial charge is 0.394 e. The average Bonchev–Trinajstić information content (AvgIpc) is 2.66. The summed E-state index contributed by atoms with van der Waals surface area (Å²) in [6, 6.07) is 7.97. The molecule has 10 nitrogen and oxygen atoms in total. The van der Waals surface area contributed by atoms with Gasteiger partial charge in [0.1, 0.15) is 0 Å². The zero-order valence-electron chi connectivity index (χ0n) is 13.8. The highest BCUT2D eigenvalue weighted by atomic mass is 16.4. The lowest BCUT2D eigenvalue weighted by molar-refractivity contribution is -0.147. The first-order chi connectivity index (χ1) is 13.2. The van der Waals surface area contributed by atoms with Crippen LogP contribution in [0.25, 0.3) is 0 Å². The second-order valence-electron chi connectivity index (χ2n) is 5.63. The molecule has 0 spiro atoms. The van der Waals surface area contributed by atoms with Gasteiger partial charge in [-0.15, -0.1) is 0 Å². The summed E-state index contributed by atoms with van der Waals surface area (Å²) in [6.45, 7) is 0. The molecule has 0 saturated carbocycles. The van der Waals surface area contributed by atoms with Crippen molar-refractivity contribution in [2.75, 3.05) is 10.6 Å². The largest absolute Gasteiger partial charge is 0.474 e. The second kappa shape index (κ2) is 6.76. The van der Waals surface area contributed by atoms with Gasteiger partial charge in [-0.25, -0.2) is 9.59 Å². The summed E-state index contributed by atoms with van der Waals surface area (Å²) in [5.74, 6) is -7.90. The maximum atomic E-state index is 12.9. The Hall–Kier alpha value is -4.34. The molecule has 2 amide bonds. The van der Waals surface area contributed by atoms with E-state index in [-0.39, 0.29) is 33.6 Å². The van der Waals surface area contributed by atoms with Gasteiger partial charge < -0.3 is 20.8 Å². The van der Waals surface area contributed by atoms with Crippen LogP contribution in [-0.2, 0) is 19.2 Å². The molecule has 4 N–H and O–H groups in total. The Kier molecular flexibility index (Phi) is 4.45. The summed E-state index contributed by atoms with van der Waals surface area (Å²) in [6.07, 6.45) is 0. The van der Waals surface area contributed by atoms with Crippen molar-refractivity contribution < 1.29 is 39.0 Å². The van der Waals surface area contributed by atoms with Gasteiger partial charge in [0.15, 0.2) is 11.6 Å². The molecule has 0 aliphatic heterocycles. The number of rotatable bonds is 2. The number of amides is 2. The molecule has 0 unspecified atom stereocenters. The number of hydrogen-bond acceptors (Lipinski definition) is 6. The molecule has 10 heteroatoms. The van der Waals surface area contributed by atoms with Crippen molar-refractivity contribution in [3.8, 4) is 0 Å². The molecule has 2 aromatic rings. The molecule has 0 aromatic heterocycles. The molecule has 0 heterocycles. The number of carboxylic acid groups (broad SMARTS) is 2. The second-order valence-corrected chi connectivity index (χ2v) is 5.63. The number of fused-ring (bicyclic) bond motifs is 2. The van der Waals surface area contributed by atoms with Crippen molar-refractivity contribution in [2.24, 2.45) is 0 Å². The van der Waals surface area contributed by atoms with Crippen LogP contribution < -0.4 is 10.6 Å². The quantitative estimate of drug-likeness (QED) is 0.465. The molecular weight excluding hydrogens is 372 g/mol. The summed E-state index contributed by atoms with van der Waals surface area (Å²) in [5.41, 5.74) is -1.17. The molecule has 0 radical (unpaired) electrons. The summed E-state index contributed by atoms with van der Waals surface area (Å²) in [4.78, 5) is 70.5. The predicted octanol–water partition coefficient (Wildman–Crippen LogP) is 0.508. The lowest BCUT2D eigenvalue weighted by Gasteiger charge is -2.22. The highest BCUT2D eigenvalue weighted by Crippen LogP contribution is 2.36. The summed E-state index contributed by atoms with van der Waals surface area (Å²) >= 11 is 0. The number of ketones is 2. The predicted molar refractivity (Wildman–Crippen MR) is 92.3 cm³/mol. The van der Waals surface area contributed by atoms with E-state index >= 15 is 0 Å². The number of nitrogens with one attached hydrogen (secondary N) is 2. The Morgan fingerprint density at radius 2 is 1.00 bits per heavy atom. The first-order valence-corrected chi connectivity index (χ1v) is 7.66. The number of hydrogen-bond donors (Lipinski definition) is 4. The van der Waals surface area contributed by atoms with Gasteiger partial charge in [-0.05, 0) is 12.1 Å². The van der Waals surface area contributed by atoms with Gasteiger partial charge in [0.2, 0.25) is 0 Å². The fraction of sp³-hybridized carbons (Fsp3) is 0. The van der Waals surface area contributed by atoms with E-state index in [1.807, 2.05) is 10.6 Å². The van der Waals surface area contributed by atoms with E-state index < -0.39 is 35.3 Å². The van der Waals surface area contributed by atoms with Crippen LogP contribution in [0.2, 0.25) is 0 Å². The van der Waals surface area contributed by atoms with Gasteiger partial charge in [0, 0.05) is 11.1 Å². The molecule has 28 heavy (non-hydrogen) atoms. The first kappa shape index (κ1) is 18.5. The monoisotopic (exact) mass is 382 g/mol.